The van der Waals surface area contributed by atoms with E-state index in [1.807, 2.05) is 30.3 Å². The van der Waals surface area contributed by atoms with Crippen LogP contribution in [0.25, 0.3) is 0 Å². The minimum atomic E-state index is -1.64. The number of carbonyl (C=O) groups excluding carboxylic acids is 2. The summed E-state index contributed by atoms with van der Waals surface area (Å²) in [5.74, 6) is -0.647. The predicted octanol–water partition coefficient (Wildman–Crippen LogP) is 4.26. The van der Waals surface area contributed by atoms with Crippen LogP contribution in [0, 0.1) is 0 Å². The molecule has 1 fully saturated rings. The number of likely N-dealkylation sites (tertiary alicyclic amines) is 1. The third-order valence-electron chi connectivity index (χ3n) is 5.11. The molecule has 1 aliphatic heterocycles. The monoisotopic (exact) mass is 417 g/mol. The molecule has 1 aromatic carbocycles. The van der Waals surface area contributed by atoms with Crippen LogP contribution in [-0.4, -0.2) is 51.0 Å². The highest BCUT2D eigenvalue weighted by Crippen LogP contribution is 2.46. The zero-order chi connectivity index (χ0) is 22.8. The normalized spacial score (nSPS) is 24.4. The zero-order valence-corrected chi connectivity index (χ0v) is 19.0. The smallest absolute Gasteiger partial charge is 0.411 e. The quantitative estimate of drug-likeness (QED) is 0.572. The summed E-state index contributed by atoms with van der Waals surface area (Å²) in [5, 5.41) is 11.7. The molecule has 6 nitrogen and oxygen atoms in total. The van der Waals surface area contributed by atoms with Crippen LogP contribution in [-0.2, 0) is 20.7 Å². The Labute approximate surface area is 179 Å². The first kappa shape index (κ1) is 23.9. The fraction of sp³-hybridized carbons (Fsp3) is 0.583. The lowest BCUT2D eigenvalue weighted by molar-refractivity contribution is -0.181. The molecular formula is C24H35NO5. The summed E-state index contributed by atoms with van der Waals surface area (Å²) in [6.07, 6.45) is 1.38. The molecule has 0 saturated carbocycles. The van der Waals surface area contributed by atoms with Gasteiger partial charge >= 0.3 is 12.1 Å². The maximum absolute atomic E-state index is 13.7. The van der Waals surface area contributed by atoms with Gasteiger partial charge in [-0.1, -0.05) is 36.4 Å². The number of carbonyl (C=O) groups is 2. The van der Waals surface area contributed by atoms with Gasteiger partial charge in [-0.2, -0.15) is 0 Å². The van der Waals surface area contributed by atoms with Gasteiger partial charge in [-0.15, -0.1) is 6.58 Å². The maximum Gasteiger partial charge on any atom is 0.411 e. The maximum atomic E-state index is 13.7. The molecule has 2 rings (SSSR count). The van der Waals surface area contributed by atoms with Crippen LogP contribution in [0.15, 0.2) is 43.0 Å². The number of amides is 1. The summed E-state index contributed by atoms with van der Waals surface area (Å²) < 4.78 is 11.4. The predicted molar refractivity (Wildman–Crippen MR) is 116 cm³/mol. The number of hydrogen-bond donors (Lipinski definition) is 1. The molecule has 0 bridgehead atoms. The highest BCUT2D eigenvalue weighted by Gasteiger charge is 2.66. The van der Waals surface area contributed by atoms with Gasteiger partial charge in [0, 0.05) is 13.0 Å². The SMILES string of the molecule is C=CC[C@@]1(O)CCN(C(=O)OC(C)(C)C)[C@@]1(Cc1ccccc1)C(=O)OC(C)(C)C. The minimum absolute atomic E-state index is 0.104. The minimum Gasteiger partial charge on any atom is -0.458 e. The van der Waals surface area contributed by atoms with Crippen LogP contribution in [0.2, 0.25) is 0 Å². The van der Waals surface area contributed by atoms with Gasteiger partial charge in [-0.3, -0.25) is 4.90 Å². The fourth-order valence-electron chi connectivity index (χ4n) is 3.91. The molecule has 166 valence electrons. The van der Waals surface area contributed by atoms with Crippen molar-refractivity contribution in [1.82, 2.24) is 4.90 Å². The first-order chi connectivity index (χ1) is 13.7. The molecule has 1 amide bonds. The topological polar surface area (TPSA) is 76.1 Å². The summed E-state index contributed by atoms with van der Waals surface area (Å²) in [6, 6.07) is 9.33. The first-order valence-corrected chi connectivity index (χ1v) is 10.4. The molecule has 30 heavy (non-hydrogen) atoms. The number of aliphatic hydroxyl groups is 1. The molecule has 0 unspecified atom stereocenters. The lowest BCUT2D eigenvalue weighted by atomic mass is 9.74. The van der Waals surface area contributed by atoms with Gasteiger partial charge in [-0.25, -0.2) is 9.59 Å². The third-order valence-corrected chi connectivity index (χ3v) is 5.11. The third kappa shape index (κ3) is 5.04. The van der Waals surface area contributed by atoms with Gasteiger partial charge in [0.2, 0.25) is 0 Å². The van der Waals surface area contributed by atoms with Crippen molar-refractivity contribution < 1.29 is 24.2 Å². The number of hydrogen-bond acceptors (Lipinski definition) is 5. The molecular weight excluding hydrogens is 382 g/mol. The summed E-state index contributed by atoms with van der Waals surface area (Å²) in [7, 11) is 0. The number of nitrogens with zero attached hydrogens (tertiary/aromatic N) is 1. The summed E-state index contributed by atoms with van der Waals surface area (Å²) in [4.78, 5) is 28.2. The van der Waals surface area contributed by atoms with E-state index in [-0.39, 0.29) is 25.8 Å². The van der Waals surface area contributed by atoms with Crippen LogP contribution in [0.3, 0.4) is 0 Å². The molecule has 1 N–H and O–H groups in total. The Morgan fingerprint density at radius 3 is 2.17 bits per heavy atom. The molecule has 1 saturated heterocycles. The summed E-state index contributed by atoms with van der Waals surface area (Å²) in [5.41, 5.74) is -3.91. The Balaban J connectivity index is 2.65. The average Bonchev–Trinajstić information content (AvgIpc) is 2.87. The van der Waals surface area contributed by atoms with Crippen molar-refractivity contribution in [3.63, 3.8) is 0 Å². The summed E-state index contributed by atoms with van der Waals surface area (Å²) in [6.45, 7) is 14.5. The highest BCUT2D eigenvalue weighted by atomic mass is 16.6. The van der Waals surface area contributed by atoms with Gasteiger partial charge in [0.15, 0.2) is 5.54 Å². The van der Waals surface area contributed by atoms with Crippen molar-refractivity contribution >= 4 is 12.1 Å². The Bertz CT molecular complexity index is 777. The van der Waals surface area contributed by atoms with Crippen molar-refractivity contribution in [1.29, 1.82) is 0 Å². The van der Waals surface area contributed by atoms with E-state index in [9.17, 15) is 14.7 Å². The highest BCUT2D eigenvalue weighted by molar-refractivity contribution is 5.89. The van der Waals surface area contributed by atoms with Crippen LogP contribution in [0.4, 0.5) is 4.79 Å². The van der Waals surface area contributed by atoms with Gasteiger partial charge in [0.1, 0.15) is 16.8 Å². The van der Waals surface area contributed by atoms with E-state index < -0.39 is 34.4 Å². The van der Waals surface area contributed by atoms with Crippen molar-refractivity contribution in [3.05, 3.63) is 48.6 Å². The number of ether oxygens (including phenoxy) is 2. The number of rotatable bonds is 5. The lowest BCUT2D eigenvalue weighted by Crippen LogP contribution is -2.67. The van der Waals surface area contributed by atoms with Gasteiger partial charge < -0.3 is 14.6 Å². The van der Waals surface area contributed by atoms with E-state index in [1.165, 1.54) is 4.90 Å². The van der Waals surface area contributed by atoms with Crippen LogP contribution >= 0.6 is 0 Å². The van der Waals surface area contributed by atoms with Crippen LogP contribution in [0.5, 0.6) is 0 Å². The van der Waals surface area contributed by atoms with Crippen molar-refractivity contribution in [2.45, 2.75) is 83.1 Å². The summed E-state index contributed by atoms with van der Waals surface area (Å²) >= 11 is 0. The van der Waals surface area contributed by atoms with E-state index in [0.29, 0.717) is 0 Å². The van der Waals surface area contributed by atoms with Crippen LogP contribution < -0.4 is 0 Å². The van der Waals surface area contributed by atoms with Crippen molar-refractivity contribution in [3.8, 4) is 0 Å². The van der Waals surface area contributed by atoms with E-state index in [4.69, 9.17) is 9.47 Å². The fourth-order valence-corrected chi connectivity index (χ4v) is 3.91. The molecule has 6 heteroatoms. The van der Waals surface area contributed by atoms with Gasteiger partial charge in [-0.05, 0) is 59.9 Å². The molecule has 0 radical (unpaired) electrons. The Morgan fingerprint density at radius 1 is 1.10 bits per heavy atom. The Morgan fingerprint density at radius 2 is 1.67 bits per heavy atom. The molecule has 2 atom stereocenters. The van der Waals surface area contributed by atoms with E-state index in [2.05, 4.69) is 6.58 Å². The molecule has 1 aliphatic rings. The molecule has 1 aromatic rings. The Kier molecular flexibility index (Phi) is 6.72. The number of esters is 1. The second-order valence-corrected chi connectivity index (χ2v) is 9.93. The second-order valence-electron chi connectivity index (χ2n) is 9.93. The largest absolute Gasteiger partial charge is 0.458 e. The second kappa shape index (κ2) is 8.42. The van der Waals surface area contributed by atoms with E-state index >= 15 is 0 Å². The van der Waals surface area contributed by atoms with Crippen LogP contribution in [0.1, 0.15) is 59.9 Å². The molecule has 0 aromatic heterocycles. The van der Waals surface area contributed by atoms with Crippen molar-refractivity contribution in [2.75, 3.05) is 6.54 Å². The van der Waals surface area contributed by atoms with E-state index in [1.54, 1.807) is 47.6 Å². The average molecular weight is 418 g/mol. The number of benzene rings is 1. The molecule has 0 aliphatic carbocycles. The molecule has 1 heterocycles. The zero-order valence-electron chi connectivity index (χ0n) is 19.0. The standard InChI is InChI=1S/C24H35NO5/c1-8-14-23(28)15-16-25(20(27)30-22(5,6)7)24(23,19(26)29-21(2,3)4)17-18-12-10-9-11-13-18/h8-13,28H,1,14-17H2,2-7H3/t23-,24+/m1/s1. The van der Waals surface area contributed by atoms with Gasteiger partial charge in [0.05, 0.1) is 0 Å². The first-order valence-electron chi connectivity index (χ1n) is 10.4. The van der Waals surface area contributed by atoms with Gasteiger partial charge in [0.25, 0.3) is 0 Å². The van der Waals surface area contributed by atoms with E-state index in [0.717, 1.165) is 5.56 Å². The molecule has 0 spiro atoms. The van der Waals surface area contributed by atoms with Crippen molar-refractivity contribution in [2.24, 2.45) is 0 Å². The Hall–Kier alpha value is -2.34. The lowest BCUT2D eigenvalue weighted by Gasteiger charge is -2.45.